The number of nitrogens with zero attached hydrogens (tertiary/aromatic N) is 2. The number of hydrogen-bond donors (Lipinski definition) is 1. The van der Waals surface area contributed by atoms with E-state index in [1.165, 1.54) is 0 Å². The van der Waals surface area contributed by atoms with Crippen LogP contribution in [0.1, 0.15) is 48.0 Å². The van der Waals surface area contributed by atoms with Crippen molar-refractivity contribution in [1.82, 2.24) is 9.29 Å². The van der Waals surface area contributed by atoms with Gasteiger partial charge in [0.25, 0.3) is 0 Å². The minimum atomic E-state index is -4.19. The number of oxazole rings is 1. The maximum absolute atomic E-state index is 14.1. The number of carboxylic acid groups (broad SMARTS) is 1. The molecule has 0 unspecified atom stereocenters. The minimum absolute atomic E-state index is 0.0282. The van der Waals surface area contributed by atoms with Crippen LogP contribution in [-0.2, 0) is 29.4 Å². The lowest BCUT2D eigenvalue weighted by molar-refractivity contribution is 0.0696. The van der Waals surface area contributed by atoms with Gasteiger partial charge < -0.3 is 9.52 Å². The van der Waals surface area contributed by atoms with Crippen molar-refractivity contribution in [2.24, 2.45) is 5.92 Å². The predicted octanol–water partition coefficient (Wildman–Crippen LogP) is 2.85. The van der Waals surface area contributed by atoms with Crippen molar-refractivity contribution in [1.29, 1.82) is 0 Å². The summed E-state index contributed by atoms with van der Waals surface area (Å²) in [5.41, 5.74) is 0.239. The van der Waals surface area contributed by atoms with E-state index >= 15 is 0 Å². The number of rotatable bonds is 6. The van der Waals surface area contributed by atoms with Gasteiger partial charge in [-0.2, -0.15) is 4.31 Å². The number of benzene rings is 1. The second-order valence-corrected chi connectivity index (χ2v) is 8.86. The van der Waals surface area contributed by atoms with Crippen molar-refractivity contribution in [2.45, 2.75) is 44.6 Å². The van der Waals surface area contributed by atoms with Crippen LogP contribution in [0.4, 0.5) is 4.39 Å². The quantitative estimate of drug-likeness (QED) is 0.806. The first-order chi connectivity index (χ1) is 12.7. The van der Waals surface area contributed by atoms with E-state index in [2.05, 4.69) is 18.8 Å². The van der Waals surface area contributed by atoms with Gasteiger partial charge in [-0.3, -0.25) is 0 Å². The first-order valence-electron chi connectivity index (χ1n) is 8.69. The standard InChI is InChI=1S/C18H21FN2O5S/c1-11(2)3-6-17-20-14-10-21(8-7-15(14)26-17)27(24,25)16-9-12(18(22)23)4-5-13(16)19/h4-5,9,11H,3,6-8,10H2,1-2H3,(H,22,23). The molecule has 2 heterocycles. The van der Waals surface area contributed by atoms with Crippen molar-refractivity contribution in [3.63, 3.8) is 0 Å². The fourth-order valence-corrected chi connectivity index (χ4v) is 4.42. The minimum Gasteiger partial charge on any atom is -0.478 e. The fourth-order valence-electron chi connectivity index (χ4n) is 2.93. The smallest absolute Gasteiger partial charge is 0.335 e. The van der Waals surface area contributed by atoms with Gasteiger partial charge in [0.15, 0.2) is 5.89 Å². The highest BCUT2D eigenvalue weighted by atomic mass is 32.2. The maximum Gasteiger partial charge on any atom is 0.335 e. The van der Waals surface area contributed by atoms with E-state index in [0.717, 1.165) is 28.9 Å². The molecule has 0 amide bonds. The Bertz CT molecular complexity index is 968. The van der Waals surface area contributed by atoms with E-state index in [9.17, 15) is 17.6 Å². The molecule has 0 bridgehead atoms. The van der Waals surface area contributed by atoms with Gasteiger partial charge in [-0.05, 0) is 30.5 Å². The van der Waals surface area contributed by atoms with E-state index < -0.39 is 26.7 Å². The van der Waals surface area contributed by atoms with Crippen molar-refractivity contribution in [3.8, 4) is 0 Å². The topological polar surface area (TPSA) is 101 Å². The van der Waals surface area contributed by atoms with E-state index in [0.29, 0.717) is 36.1 Å². The maximum atomic E-state index is 14.1. The highest BCUT2D eigenvalue weighted by Gasteiger charge is 2.33. The number of hydrogen-bond acceptors (Lipinski definition) is 5. The molecule has 0 saturated carbocycles. The van der Waals surface area contributed by atoms with Crippen LogP contribution in [-0.4, -0.2) is 35.3 Å². The Morgan fingerprint density at radius 3 is 2.81 bits per heavy atom. The number of aryl methyl sites for hydroxylation is 1. The van der Waals surface area contributed by atoms with E-state index in [1.807, 2.05) is 0 Å². The molecule has 7 nitrogen and oxygen atoms in total. The second kappa shape index (κ2) is 7.40. The summed E-state index contributed by atoms with van der Waals surface area (Å²) in [6, 6.07) is 2.73. The molecule has 1 aliphatic rings. The molecule has 27 heavy (non-hydrogen) atoms. The van der Waals surface area contributed by atoms with Crippen LogP contribution >= 0.6 is 0 Å². The van der Waals surface area contributed by atoms with Crippen LogP contribution in [0.5, 0.6) is 0 Å². The summed E-state index contributed by atoms with van der Waals surface area (Å²) in [6.07, 6.45) is 1.92. The summed E-state index contributed by atoms with van der Waals surface area (Å²) in [5.74, 6) is -0.579. The molecule has 0 fully saturated rings. The van der Waals surface area contributed by atoms with Gasteiger partial charge in [-0.1, -0.05) is 13.8 Å². The molecule has 9 heteroatoms. The molecule has 1 aromatic heterocycles. The van der Waals surface area contributed by atoms with Crippen LogP contribution < -0.4 is 0 Å². The highest BCUT2D eigenvalue weighted by Crippen LogP contribution is 2.27. The zero-order valence-electron chi connectivity index (χ0n) is 15.1. The van der Waals surface area contributed by atoms with Crippen molar-refractivity contribution < 1.29 is 27.1 Å². The van der Waals surface area contributed by atoms with Crippen LogP contribution in [0.15, 0.2) is 27.5 Å². The third-order valence-corrected chi connectivity index (χ3v) is 6.33. The van der Waals surface area contributed by atoms with Crippen molar-refractivity contribution in [3.05, 3.63) is 46.9 Å². The van der Waals surface area contributed by atoms with E-state index in [-0.39, 0.29) is 18.7 Å². The summed E-state index contributed by atoms with van der Waals surface area (Å²) in [6.45, 7) is 4.28. The SMILES string of the molecule is CC(C)CCc1nc2c(o1)CCN(S(=O)(=O)c1cc(C(=O)O)ccc1F)C2. The zero-order valence-corrected chi connectivity index (χ0v) is 15.9. The molecule has 1 aromatic carbocycles. The Kier molecular flexibility index (Phi) is 5.34. The summed E-state index contributed by atoms with van der Waals surface area (Å²) in [4.78, 5) is 14.8. The first kappa shape index (κ1) is 19.5. The molecule has 1 N–H and O–H groups in total. The number of carboxylic acids is 1. The Morgan fingerprint density at radius 2 is 2.15 bits per heavy atom. The van der Waals surface area contributed by atoms with E-state index in [1.54, 1.807) is 0 Å². The van der Waals surface area contributed by atoms with Crippen LogP contribution in [0.3, 0.4) is 0 Å². The largest absolute Gasteiger partial charge is 0.478 e. The third kappa shape index (κ3) is 4.03. The Morgan fingerprint density at radius 1 is 1.41 bits per heavy atom. The van der Waals surface area contributed by atoms with Gasteiger partial charge in [0, 0.05) is 19.4 Å². The van der Waals surface area contributed by atoms with Crippen LogP contribution in [0, 0.1) is 11.7 Å². The number of carbonyl (C=O) groups is 1. The Balaban J connectivity index is 1.86. The number of sulfonamides is 1. The molecule has 0 aliphatic carbocycles. The molecule has 0 saturated heterocycles. The number of aromatic carboxylic acids is 1. The molecule has 1 aliphatic heterocycles. The highest BCUT2D eigenvalue weighted by molar-refractivity contribution is 7.89. The summed E-state index contributed by atoms with van der Waals surface area (Å²) < 4.78 is 46.6. The van der Waals surface area contributed by atoms with E-state index in [4.69, 9.17) is 9.52 Å². The van der Waals surface area contributed by atoms with Gasteiger partial charge in [0.05, 0.1) is 17.8 Å². The molecule has 146 valence electrons. The first-order valence-corrected chi connectivity index (χ1v) is 10.1. The Hall–Kier alpha value is -2.26. The van der Waals surface area contributed by atoms with Gasteiger partial charge in [-0.25, -0.2) is 22.6 Å². The average Bonchev–Trinajstić information content (AvgIpc) is 3.02. The molecule has 0 spiro atoms. The summed E-state index contributed by atoms with van der Waals surface area (Å²) in [7, 11) is -4.19. The molecular weight excluding hydrogens is 375 g/mol. The van der Waals surface area contributed by atoms with Gasteiger partial charge in [-0.15, -0.1) is 0 Å². The lowest BCUT2D eigenvalue weighted by Crippen LogP contribution is -2.36. The van der Waals surface area contributed by atoms with Crippen LogP contribution in [0.25, 0.3) is 0 Å². The van der Waals surface area contributed by atoms with Crippen LogP contribution in [0.2, 0.25) is 0 Å². The van der Waals surface area contributed by atoms with Gasteiger partial charge in [0.1, 0.15) is 16.5 Å². The van der Waals surface area contributed by atoms with Crippen molar-refractivity contribution >= 4 is 16.0 Å². The summed E-state index contributed by atoms with van der Waals surface area (Å²) >= 11 is 0. The lowest BCUT2D eigenvalue weighted by atomic mass is 10.1. The molecule has 0 radical (unpaired) electrons. The normalized spacial score (nSPS) is 15.1. The Labute approximate surface area is 156 Å². The zero-order chi connectivity index (χ0) is 19.8. The number of fused-ring (bicyclic) bond motifs is 1. The lowest BCUT2D eigenvalue weighted by Gasteiger charge is -2.24. The second-order valence-electron chi connectivity index (χ2n) is 6.95. The fraction of sp³-hybridized carbons (Fsp3) is 0.444. The molecular formula is C18H21FN2O5S. The van der Waals surface area contributed by atoms with Crippen molar-refractivity contribution in [2.75, 3.05) is 6.54 Å². The molecule has 3 rings (SSSR count). The number of halogens is 1. The predicted molar refractivity (Wildman–Crippen MR) is 94.3 cm³/mol. The third-order valence-electron chi connectivity index (χ3n) is 4.47. The molecule has 2 aromatic rings. The van der Waals surface area contributed by atoms with Gasteiger partial charge in [0.2, 0.25) is 10.0 Å². The number of aromatic nitrogens is 1. The average molecular weight is 396 g/mol. The van der Waals surface area contributed by atoms with Gasteiger partial charge >= 0.3 is 5.97 Å². The summed E-state index contributed by atoms with van der Waals surface area (Å²) in [5, 5.41) is 9.05. The molecule has 0 atom stereocenters. The monoisotopic (exact) mass is 396 g/mol.